The lowest BCUT2D eigenvalue weighted by Gasteiger charge is -2.10. The number of esters is 1. The second-order valence-electron chi connectivity index (χ2n) is 5.09. The molecule has 0 bridgehead atoms. The number of ether oxygens (including phenoxy) is 1. The van der Waals surface area contributed by atoms with Crippen molar-refractivity contribution in [3.8, 4) is 0 Å². The zero-order valence-corrected chi connectivity index (χ0v) is 12.4. The molecule has 0 fully saturated rings. The second kappa shape index (κ2) is 5.61. The smallest absolute Gasteiger partial charge is 0.354 e. The number of hydrogen-bond acceptors (Lipinski definition) is 3. The maximum absolute atomic E-state index is 12.1. The van der Waals surface area contributed by atoms with Gasteiger partial charge in [0.2, 0.25) is 5.69 Å². The number of hydrogen-bond donors (Lipinski definition) is 2. The molecule has 5 heteroatoms. The molecule has 112 valence electrons. The molecule has 0 unspecified atom stereocenters. The van der Waals surface area contributed by atoms with E-state index < -0.39 is 12.1 Å². The number of fused-ring (bicyclic) bond motifs is 1. The Morgan fingerprint density at radius 1 is 1.23 bits per heavy atom. The van der Waals surface area contributed by atoms with Gasteiger partial charge in [-0.1, -0.05) is 18.2 Å². The molecule has 0 spiro atoms. The summed E-state index contributed by atoms with van der Waals surface area (Å²) < 4.78 is 6.66. The predicted molar refractivity (Wildman–Crippen MR) is 81.3 cm³/mol. The van der Waals surface area contributed by atoms with Crippen LogP contribution < -0.4 is 4.57 Å². The average Bonchev–Trinajstić information content (AvgIpc) is 2.93. The molecule has 22 heavy (non-hydrogen) atoms. The highest BCUT2D eigenvalue weighted by atomic mass is 16.5. The van der Waals surface area contributed by atoms with Crippen LogP contribution in [0.4, 0.5) is 0 Å². The summed E-state index contributed by atoms with van der Waals surface area (Å²) in [4.78, 5) is 15.1. The Balaban J connectivity index is 2.24. The van der Waals surface area contributed by atoms with Crippen molar-refractivity contribution in [1.29, 1.82) is 0 Å². The van der Waals surface area contributed by atoms with Gasteiger partial charge >= 0.3 is 5.97 Å². The van der Waals surface area contributed by atoms with E-state index in [0.29, 0.717) is 11.3 Å². The van der Waals surface area contributed by atoms with Crippen molar-refractivity contribution in [3.05, 3.63) is 65.6 Å². The van der Waals surface area contributed by atoms with Crippen molar-refractivity contribution in [2.75, 3.05) is 7.11 Å². The quantitative estimate of drug-likeness (QED) is 0.573. The SMILES string of the molecule is COC(=O)c1[nH]c2ccccc2c1[C@H](O)c1cccc[n+]1C. The van der Waals surface area contributed by atoms with Crippen molar-refractivity contribution in [2.24, 2.45) is 7.05 Å². The monoisotopic (exact) mass is 297 g/mol. The Labute approximate surface area is 127 Å². The fourth-order valence-electron chi connectivity index (χ4n) is 2.68. The molecule has 2 N–H and O–H groups in total. The number of aliphatic hydroxyl groups is 1. The number of para-hydroxylation sites is 1. The van der Waals surface area contributed by atoms with Crippen LogP contribution in [0, 0.1) is 0 Å². The van der Waals surface area contributed by atoms with Crippen LogP contribution in [0.25, 0.3) is 10.9 Å². The van der Waals surface area contributed by atoms with Crippen LogP contribution in [0.1, 0.15) is 27.8 Å². The van der Waals surface area contributed by atoms with Crippen molar-refractivity contribution in [1.82, 2.24) is 4.98 Å². The Morgan fingerprint density at radius 3 is 2.68 bits per heavy atom. The normalized spacial score (nSPS) is 12.3. The summed E-state index contributed by atoms with van der Waals surface area (Å²) in [6.45, 7) is 0. The minimum Gasteiger partial charge on any atom is -0.464 e. The highest BCUT2D eigenvalue weighted by Gasteiger charge is 2.28. The number of nitrogens with zero attached hydrogens (tertiary/aromatic N) is 1. The van der Waals surface area contributed by atoms with Crippen molar-refractivity contribution in [2.45, 2.75) is 6.10 Å². The summed E-state index contributed by atoms with van der Waals surface area (Å²) in [5.41, 5.74) is 2.29. The lowest BCUT2D eigenvalue weighted by molar-refractivity contribution is -0.682. The molecular weight excluding hydrogens is 280 g/mol. The number of carbonyl (C=O) groups excluding carboxylic acids is 1. The molecule has 0 aliphatic carbocycles. The number of rotatable bonds is 3. The lowest BCUT2D eigenvalue weighted by atomic mass is 10.0. The standard InChI is InChI=1S/C17H16N2O3/c1-19-10-6-5-9-13(19)16(20)14-11-7-3-4-8-12(11)18-15(14)17(21)22-2/h3-10,16,20H,1-2H3/p+1/t16-/m1/s1. The molecular formula is C17H17N2O3+. The summed E-state index contributed by atoms with van der Waals surface area (Å²) in [5.74, 6) is -0.496. The van der Waals surface area contributed by atoms with Crippen LogP contribution >= 0.6 is 0 Å². The van der Waals surface area contributed by atoms with Gasteiger partial charge in [-0.15, -0.1) is 0 Å². The number of benzene rings is 1. The van der Waals surface area contributed by atoms with Gasteiger partial charge in [-0.3, -0.25) is 0 Å². The van der Waals surface area contributed by atoms with Crippen LogP contribution in [0.15, 0.2) is 48.7 Å². The molecule has 3 rings (SSSR count). The first-order valence-electron chi connectivity index (χ1n) is 6.95. The molecule has 0 amide bonds. The Kier molecular flexibility index (Phi) is 3.65. The summed E-state index contributed by atoms with van der Waals surface area (Å²) in [7, 11) is 3.18. The fourth-order valence-corrected chi connectivity index (χ4v) is 2.68. The van der Waals surface area contributed by atoms with E-state index in [1.165, 1.54) is 7.11 Å². The van der Waals surface area contributed by atoms with Crippen LogP contribution in [0.5, 0.6) is 0 Å². The largest absolute Gasteiger partial charge is 0.464 e. The molecule has 1 atom stereocenters. The number of carbonyl (C=O) groups is 1. The van der Waals surface area contributed by atoms with E-state index in [1.807, 2.05) is 60.3 Å². The summed E-state index contributed by atoms with van der Waals surface area (Å²) in [6, 6.07) is 13.0. The van der Waals surface area contributed by atoms with E-state index >= 15 is 0 Å². The molecule has 0 radical (unpaired) electrons. The zero-order valence-electron chi connectivity index (χ0n) is 12.4. The van der Waals surface area contributed by atoms with E-state index in [0.717, 1.165) is 10.9 Å². The average molecular weight is 297 g/mol. The maximum Gasteiger partial charge on any atom is 0.354 e. The third kappa shape index (κ3) is 2.25. The van der Waals surface area contributed by atoms with Crippen molar-refractivity contribution in [3.63, 3.8) is 0 Å². The second-order valence-corrected chi connectivity index (χ2v) is 5.09. The molecule has 2 aromatic heterocycles. The van der Waals surface area contributed by atoms with Gasteiger partial charge in [-0.2, -0.15) is 0 Å². The highest BCUT2D eigenvalue weighted by Crippen LogP contribution is 2.31. The third-order valence-corrected chi connectivity index (χ3v) is 3.78. The number of H-pyrrole nitrogens is 1. The van der Waals surface area contributed by atoms with Gasteiger partial charge in [-0.25, -0.2) is 9.36 Å². The number of nitrogens with one attached hydrogen (secondary N) is 1. The van der Waals surface area contributed by atoms with Crippen LogP contribution in [-0.2, 0) is 11.8 Å². The number of aromatic nitrogens is 2. The van der Waals surface area contributed by atoms with Crippen molar-refractivity contribution >= 4 is 16.9 Å². The molecule has 0 aliphatic rings. The van der Waals surface area contributed by atoms with Crippen LogP contribution in [0.3, 0.4) is 0 Å². The van der Waals surface area contributed by atoms with E-state index in [1.54, 1.807) is 0 Å². The molecule has 0 saturated heterocycles. The molecule has 3 aromatic rings. The van der Waals surface area contributed by atoms with Gasteiger partial charge in [0.05, 0.1) is 7.11 Å². The van der Waals surface area contributed by atoms with Gasteiger partial charge < -0.3 is 14.8 Å². The number of aromatic amines is 1. The summed E-state index contributed by atoms with van der Waals surface area (Å²) >= 11 is 0. The minimum absolute atomic E-state index is 0.278. The van der Waals surface area contributed by atoms with Gasteiger partial charge in [0, 0.05) is 28.6 Å². The highest BCUT2D eigenvalue weighted by molar-refractivity contribution is 5.98. The van der Waals surface area contributed by atoms with Gasteiger partial charge in [-0.05, 0) is 12.1 Å². The molecule has 2 heterocycles. The Hall–Kier alpha value is -2.66. The molecule has 0 aliphatic heterocycles. The lowest BCUT2D eigenvalue weighted by Crippen LogP contribution is -2.35. The third-order valence-electron chi connectivity index (χ3n) is 3.78. The first kappa shape index (κ1) is 14.3. The number of aryl methyl sites for hydroxylation is 1. The van der Waals surface area contributed by atoms with Gasteiger partial charge in [0.15, 0.2) is 12.3 Å². The molecule has 1 aromatic carbocycles. The van der Waals surface area contributed by atoms with E-state index in [9.17, 15) is 9.90 Å². The van der Waals surface area contributed by atoms with Crippen LogP contribution in [-0.4, -0.2) is 23.2 Å². The summed E-state index contributed by atoms with van der Waals surface area (Å²) in [6.07, 6.45) is 0.919. The van der Waals surface area contributed by atoms with Crippen molar-refractivity contribution < 1.29 is 19.2 Å². The number of pyridine rings is 1. The van der Waals surface area contributed by atoms with Gasteiger partial charge in [0.1, 0.15) is 12.7 Å². The van der Waals surface area contributed by atoms with E-state index in [4.69, 9.17) is 4.74 Å². The Morgan fingerprint density at radius 2 is 1.95 bits per heavy atom. The maximum atomic E-state index is 12.1. The first-order chi connectivity index (χ1) is 10.6. The number of methoxy groups -OCH3 is 1. The van der Waals surface area contributed by atoms with Gasteiger partial charge in [0.25, 0.3) is 0 Å². The topological polar surface area (TPSA) is 66.2 Å². The summed E-state index contributed by atoms with van der Waals surface area (Å²) in [5, 5.41) is 11.6. The predicted octanol–water partition coefficient (Wildman–Crippen LogP) is 1.86. The van der Waals surface area contributed by atoms with Crippen LogP contribution in [0.2, 0.25) is 0 Å². The number of aliphatic hydroxyl groups excluding tert-OH is 1. The minimum atomic E-state index is -0.934. The fraction of sp³-hybridized carbons (Fsp3) is 0.176. The first-order valence-corrected chi connectivity index (χ1v) is 6.95. The van der Waals surface area contributed by atoms with E-state index in [-0.39, 0.29) is 5.69 Å². The van der Waals surface area contributed by atoms with E-state index in [2.05, 4.69) is 4.98 Å². The Bertz CT molecular complexity index is 839. The molecule has 0 saturated carbocycles. The zero-order chi connectivity index (χ0) is 15.7. The molecule has 5 nitrogen and oxygen atoms in total.